The quantitative estimate of drug-likeness (QED) is 0.527. The molecule has 3 heterocycles. The van der Waals surface area contributed by atoms with E-state index in [2.05, 4.69) is 10.1 Å². The van der Waals surface area contributed by atoms with E-state index in [1.165, 1.54) is 12.1 Å². The summed E-state index contributed by atoms with van der Waals surface area (Å²) in [5, 5.41) is 5.69. The van der Waals surface area contributed by atoms with Crippen molar-refractivity contribution in [1.29, 1.82) is 0 Å². The van der Waals surface area contributed by atoms with Crippen LogP contribution in [-0.2, 0) is 6.54 Å². The first kappa shape index (κ1) is 17.1. The van der Waals surface area contributed by atoms with Gasteiger partial charge in [-0.25, -0.2) is 4.39 Å². The lowest BCUT2D eigenvalue weighted by Crippen LogP contribution is -2.32. The second-order valence-corrected chi connectivity index (χ2v) is 7.33. The van der Waals surface area contributed by atoms with Gasteiger partial charge in [-0.1, -0.05) is 17.3 Å². The lowest BCUT2D eigenvalue weighted by atomic mass is 9.91. The van der Waals surface area contributed by atoms with E-state index in [0.29, 0.717) is 28.9 Å². The van der Waals surface area contributed by atoms with E-state index >= 15 is 0 Å². The molecule has 5 nitrogen and oxygen atoms in total. The first-order chi connectivity index (χ1) is 13.7. The molecule has 1 saturated heterocycles. The van der Waals surface area contributed by atoms with Gasteiger partial charge in [-0.3, -0.25) is 9.69 Å². The van der Waals surface area contributed by atoms with E-state index in [0.717, 1.165) is 37.0 Å². The van der Waals surface area contributed by atoms with Crippen molar-refractivity contribution in [1.82, 2.24) is 10.1 Å². The Morgan fingerprint density at radius 1 is 1.04 bits per heavy atom. The lowest BCUT2D eigenvalue weighted by Gasteiger charge is -2.30. The van der Waals surface area contributed by atoms with Gasteiger partial charge in [0.2, 0.25) is 0 Å². The first-order valence-corrected chi connectivity index (χ1v) is 9.46. The standard InChI is InChI=1S/C22H19FN2O3/c23-15-5-6-18-21(11-15)28-24-22(18)14-7-9-25(10-8-14)13-16-12-19(26)17-3-1-2-4-20(17)27-16/h1-6,11-12,14H,7-10,13H2. The maximum Gasteiger partial charge on any atom is 0.192 e. The van der Waals surface area contributed by atoms with Crippen molar-refractivity contribution < 1.29 is 13.3 Å². The smallest absolute Gasteiger partial charge is 0.192 e. The van der Waals surface area contributed by atoms with Crippen molar-refractivity contribution in [3.63, 3.8) is 0 Å². The van der Waals surface area contributed by atoms with Crippen LogP contribution >= 0.6 is 0 Å². The van der Waals surface area contributed by atoms with Gasteiger partial charge < -0.3 is 8.94 Å². The number of nitrogens with zero attached hydrogens (tertiary/aromatic N) is 2. The molecule has 2 aromatic carbocycles. The van der Waals surface area contributed by atoms with Crippen LogP contribution < -0.4 is 5.43 Å². The molecule has 0 aliphatic carbocycles. The van der Waals surface area contributed by atoms with Crippen molar-refractivity contribution in [2.45, 2.75) is 25.3 Å². The van der Waals surface area contributed by atoms with Gasteiger partial charge in [0.05, 0.1) is 17.6 Å². The average molecular weight is 378 g/mol. The number of aromatic nitrogens is 1. The third kappa shape index (κ3) is 3.10. The summed E-state index contributed by atoms with van der Waals surface area (Å²) in [6.07, 6.45) is 1.85. The number of piperidine rings is 1. The monoisotopic (exact) mass is 378 g/mol. The molecule has 5 rings (SSSR count). The van der Waals surface area contributed by atoms with E-state index in [-0.39, 0.29) is 17.2 Å². The van der Waals surface area contributed by atoms with Gasteiger partial charge in [-0.05, 0) is 50.2 Å². The number of hydrogen-bond donors (Lipinski definition) is 0. The average Bonchev–Trinajstić information content (AvgIpc) is 3.11. The van der Waals surface area contributed by atoms with E-state index in [1.54, 1.807) is 18.2 Å². The predicted molar refractivity (Wildman–Crippen MR) is 104 cm³/mol. The third-order valence-electron chi connectivity index (χ3n) is 5.50. The molecule has 0 atom stereocenters. The van der Waals surface area contributed by atoms with Crippen LogP contribution in [0.5, 0.6) is 0 Å². The molecule has 4 aromatic rings. The summed E-state index contributed by atoms with van der Waals surface area (Å²) in [6.45, 7) is 2.35. The summed E-state index contributed by atoms with van der Waals surface area (Å²) < 4.78 is 24.6. The maximum atomic E-state index is 13.3. The minimum Gasteiger partial charge on any atom is -0.459 e. The molecule has 6 heteroatoms. The van der Waals surface area contributed by atoms with Crippen LogP contribution in [0.3, 0.4) is 0 Å². The highest BCUT2D eigenvalue weighted by Crippen LogP contribution is 2.33. The van der Waals surface area contributed by atoms with Gasteiger partial charge in [0.25, 0.3) is 0 Å². The Bertz CT molecular complexity index is 1210. The van der Waals surface area contributed by atoms with Crippen LogP contribution in [0.1, 0.15) is 30.2 Å². The minimum atomic E-state index is -0.318. The van der Waals surface area contributed by atoms with Crippen molar-refractivity contribution in [2.24, 2.45) is 0 Å². The van der Waals surface area contributed by atoms with Crippen LogP contribution in [0.2, 0.25) is 0 Å². The molecule has 0 bridgehead atoms. The van der Waals surface area contributed by atoms with Crippen LogP contribution in [0.4, 0.5) is 4.39 Å². The molecule has 0 spiro atoms. The van der Waals surface area contributed by atoms with Gasteiger partial charge in [0, 0.05) is 23.4 Å². The molecule has 142 valence electrons. The summed E-state index contributed by atoms with van der Waals surface area (Å²) in [6, 6.07) is 13.5. The number of fused-ring (bicyclic) bond motifs is 2. The normalized spacial score (nSPS) is 16.2. The van der Waals surface area contributed by atoms with Gasteiger partial charge in [-0.15, -0.1) is 0 Å². The minimum absolute atomic E-state index is 0.00645. The van der Waals surface area contributed by atoms with Crippen LogP contribution in [0, 0.1) is 5.82 Å². The third-order valence-corrected chi connectivity index (χ3v) is 5.50. The molecule has 2 aromatic heterocycles. The molecular weight excluding hydrogens is 359 g/mol. The Hall–Kier alpha value is -2.99. The fraction of sp³-hybridized carbons (Fsp3) is 0.273. The SMILES string of the molecule is O=c1cc(CN2CCC(c3noc4cc(F)ccc34)CC2)oc2ccccc12. The summed E-state index contributed by atoms with van der Waals surface area (Å²) in [7, 11) is 0. The summed E-state index contributed by atoms with van der Waals surface area (Å²) in [4.78, 5) is 14.6. The molecule has 1 aliphatic heterocycles. The van der Waals surface area contributed by atoms with Gasteiger partial charge in [0.1, 0.15) is 17.2 Å². The second-order valence-electron chi connectivity index (χ2n) is 7.33. The molecule has 0 saturated carbocycles. The Kier molecular flexibility index (Phi) is 4.20. The largest absolute Gasteiger partial charge is 0.459 e. The molecule has 28 heavy (non-hydrogen) atoms. The molecule has 0 radical (unpaired) electrons. The van der Waals surface area contributed by atoms with Crippen molar-refractivity contribution in [2.75, 3.05) is 13.1 Å². The number of para-hydroxylation sites is 1. The Morgan fingerprint density at radius 3 is 2.71 bits per heavy atom. The van der Waals surface area contributed by atoms with Gasteiger partial charge >= 0.3 is 0 Å². The van der Waals surface area contributed by atoms with Gasteiger partial charge in [-0.2, -0.15) is 0 Å². The predicted octanol–water partition coefficient (Wildman–Crippen LogP) is 4.45. The summed E-state index contributed by atoms with van der Waals surface area (Å²) >= 11 is 0. The number of benzene rings is 2. The fourth-order valence-electron chi connectivity index (χ4n) is 4.04. The molecule has 0 unspecified atom stereocenters. The highest BCUT2D eigenvalue weighted by molar-refractivity contribution is 5.80. The second kappa shape index (κ2) is 6.87. The van der Waals surface area contributed by atoms with Crippen molar-refractivity contribution in [3.8, 4) is 0 Å². The van der Waals surface area contributed by atoms with Crippen LogP contribution in [-0.4, -0.2) is 23.1 Å². The highest BCUT2D eigenvalue weighted by Gasteiger charge is 2.25. The zero-order valence-electron chi connectivity index (χ0n) is 15.2. The molecule has 0 amide bonds. The zero-order valence-corrected chi connectivity index (χ0v) is 15.2. The number of halogens is 1. The van der Waals surface area contributed by atoms with Crippen molar-refractivity contribution >= 4 is 21.9 Å². The molecule has 1 fully saturated rings. The summed E-state index contributed by atoms with van der Waals surface area (Å²) in [5.74, 6) is 0.651. The zero-order chi connectivity index (χ0) is 19.1. The molecule has 0 N–H and O–H groups in total. The Labute approximate surface area is 160 Å². The number of likely N-dealkylation sites (tertiary alicyclic amines) is 1. The Morgan fingerprint density at radius 2 is 1.86 bits per heavy atom. The van der Waals surface area contributed by atoms with Crippen LogP contribution in [0.25, 0.3) is 21.9 Å². The maximum absolute atomic E-state index is 13.3. The highest BCUT2D eigenvalue weighted by atomic mass is 19.1. The molecular formula is C22H19FN2O3. The van der Waals surface area contributed by atoms with E-state index in [9.17, 15) is 9.18 Å². The topological polar surface area (TPSA) is 59.5 Å². The first-order valence-electron chi connectivity index (χ1n) is 9.46. The summed E-state index contributed by atoms with van der Waals surface area (Å²) in [5.41, 5.74) is 2.02. The lowest BCUT2D eigenvalue weighted by molar-refractivity contribution is 0.189. The van der Waals surface area contributed by atoms with E-state index < -0.39 is 0 Å². The number of rotatable bonds is 3. The molecule has 1 aliphatic rings. The van der Waals surface area contributed by atoms with E-state index in [1.807, 2.05) is 18.2 Å². The number of hydrogen-bond acceptors (Lipinski definition) is 5. The Balaban J connectivity index is 1.30. The van der Waals surface area contributed by atoms with E-state index in [4.69, 9.17) is 8.94 Å². The van der Waals surface area contributed by atoms with Crippen LogP contribution in [0.15, 0.2) is 62.3 Å². The van der Waals surface area contributed by atoms with Crippen molar-refractivity contribution in [3.05, 3.63) is 76.0 Å². The van der Waals surface area contributed by atoms with Gasteiger partial charge in [0.15, 0.2) is 11.0 Å². The fourth-order valence-corrected chi connectivity index (χ4v) is 4.04.